The number of ether oxygens (including phenoxy) is 2. The van der Waals surface area contributed by atoms with Crippen molar-refractivity contribution in [2.75, 3.05) is 32.1 Å². The van der Waals surface area contributed by atoms with E-state index in [4.69, 9.17) is 9.47 Å². The van der Waals surface area contributed by atoms with Crippen LogP contribution in [0.2, 0.25) is 0 Å². The number of para-hydroxylation sites is 2. The number of carbonyl (C=O) groups excluding carboxylic acids is 1. The van der Waals surface area contributed by atoms with Crippen LogP contribution in [0.5, 0.6) is 11.5 Å². The molecule has 0 spiro atoms. The Bertz CT molecular complexity index is 675. The van der Waals surface area contributed by atoms with E-state index >= 15 is 0 Å². The van der Waals surface area contributed by atoms with E-state index in [1.807, 2.05) is 0 Å². The quantitative estimate of drug-likeness (QED) is 0.728. The minimum absolute atomic E-state index is 0.00687. The molecule has 2 aromatic rings. The van der Waals surface area contributed by atoms with Gasteiger partial charge in [0.1, 0.15) is 17.4 Å². The molecule has 128 valence electrons. The summed E-state index contributed by atoms with van der Waals surface area (Å²) in [6.07, 6.45) is 0. The molecule has 0 aromatic heterocycles. The number of hydrogen-bond acceptors (Lipinski definition) is 4. The lowest BCUT2D eigenvalue weighted by atomic mass is 10.2. The Labute approximate surface area is 138 Å². The third-order valence-corrected chi connectivity index (χ3v) is 2.99. The van der Waals surface area contributed by atoms with E-state index in [2.05, 4.69) is 10.6 Å². The average Bonchev–Trinajstić information content (AvgIpc) is 2.52. The number of nitrogens with one attached hydrogen (secondary N) is 2. The summed E-state index contributed by atoms with van der Waals surface area (Å²) in [6, 6.07) is 9.52. The predicted molar refractivity (Wildman–Crippen MR) is 86.2 cm³/mol. The molecule has 0 aliphatic rings. The molecule has 2 aromatic carbocycles. The van der Waals surface area contributed by atoms with E-state index in [0.717, 1.165) is 18.2 Å². The van der Waals surface area contributed by atoms with Gasteiger partial charge < -0.3 is 20.1 Å². The van der Waals surface area contributed by atoms with Gasteiger partial charge in [-0.3, -0.25) is 4.79 Å². The van der Waals surface area contributed by atoms with Crippen molar-refractivity contribution in [3.8, 4) is 11.5 Å². The van der Waals surface area contributed by atoms with Crippen LogP contribution in [-0.4, -0.2) is 32.7 Å². The van der Waals surface area contributed by atoms with Crippen molar-refractivity contribution in [2.24, 2.45) is 0 Å². The number of anilines is 1. The molecule has 0 fully saturated rings. The second kappa shape index (κ2) is 8.95. The van der Waals surface area contributed by atoms with Gasteiger partial charge in [-0.05, 0) is 12.1 Å². The van der Waals surface area contributed by atoms with Crippen LogP contribution in [-0.2, 0) is 9.53 Å². The molecule has 0 radical (unpaired) electrons. The number of carbonyl (C=O) groups is 1. The number of hydrogen-bond donors (Lipinski definition) is 2. The number of halogens is 2. The molecular weight excluding hydrogens is 318 g/mol. The summed E-state index contributed by atoms with van der Waals surface area (Å²) in [4.78, 5) is 11.9. The van der Waals surface area contributed by atoms with Gasteiger partial charge in [0.25, 0.3) is 0 Å². The van der Waals surface area contributed by atoms with Gasteiger partial charge in [0.15, 0.2) is 5.75 Å². The second-order valence-corrected chi connectivity index (χ2v) is 4.92. The molecular formula is C17H18F2N2O3. The Morgan fingerprint density at radius 2 is 1.83 bits per heavy atom. The fourth-order valence-corrected chi connectivity index (χ4v) is 1.94. The molecule has 0 aliphatic heterocycles. The normalized spacial score (nSPS) is 10.5. The summed E-state index contributed by atoms with van der Waals surface area (Å²) in [5.74, 6) is -1.46. The highest BCUT2D eigenvalue weighted by molar-refractivity contribution is 5.93. The van der Waals surface area contributed by atoms with Gasteiger partial charge in [-0.1, -0.05) is 12.1 Å². The van der Waals surface area contributed by atoms with Crippen molar-refractivity contribution >= 4 is 11.6 Å². The van der Waals surface area contributed by atoms with Gasteiger partial charge in [-0.15, -0.1) is 0 Å². The zero-order chi connectivity index (χ0) is 17.4. The molecule has 24 heavy (non-hydrogen) atoms. The minimum atomic E-state index is -0.742. The maximum absolute atomic E-state index is 13.2. The smallest absolute Gasteiger partial charge is 0.238 e. The summed E-state index contributed by atoms with van der Waals surface area (Å²) in [6.45, 7) is 1.15. The van der Waals surface area contributed by atoms with Crippen LogP contribution in [0.3, 0.4) is 0 Å². The Kier molecular flexibility index (Phi) is 6.65. The third-order valence-electron chi connectivity index (χ3n) is 2.99. The molecule has 1 amide bonds. The summed E-state index contributed by atoms with van der Waals surface area (Å²) in [5, 5.41) is 5.60. The fourth-order valence-electron chi connectivity index (χ4n) is 1.94. The third kappa shape index (κ3) is 5.60. The van der Waals surface area contributed by atoms with E-state index in [1.165, 1.54) is 0 Å². The van der Waals surface area contributed by atoms with Crippen LogP contribution in [0.4, 0.5) is 14.5 Å². The van der Waals surface area contributed by atoms with E-state index in [0.29, 0.717) is 18.8 Å². The first-order valence-electron chi connectivity index (χ1n) is 7.31. The fraction of sp³-hybridized carbons (Fsp3) is 0.235. The largest absolute Gasteiger partial charge is 0.455 e. The van der Waals surface area contributed by atoms with Gasteiger partial charge in [0.2, 0.25) is 5.91 Å². The van der Waals surface area contributed by atoms with Crippen LogP contribution in [0.1, 0.15) is 0 Å². The topological polar surface area (TPSA) is 59.6 Å². The highest BCUT2D eigenvalue weighted by atomic mass is 19.1. The second-order valence-electron chi connectivity index (χ2n) is 4.92. The number of amides is 1. The van der Waals surface area contributed by atoms with Crippen LogP contribution >= 0.6 is 0 Å². The lowest BCUT2D eigenvalue weighted by molar-refractivity contribution is -0.115. The molecule has 2 rings (SSSR count). The molecule has 0 atom stereocenters. The molecule has 0 saturated heterocycles. The molecule has 0 unspecified atom stereocenters. The van der Waals surface area contributed by atoms with Crippen molar-refractivity contribution < 1.29 is 23.0 Å². The average molecular weight is 336 g/mol. The van der Waals surface area contributed by atoms with E-state index < -0.39 is 11.6 Å². The van der Waals surface area contributed by atoms with Crippen molar-refractivity contribution in [2.45, 2.75) is 0 Å². The first-order valence-corrected chi connectivity index (χ1v) is 7.31. The maximum atomic E-state index is 13.2. The Hall–Kier alpha value is -2.51. The summed E-state index contributed by atoms with van der Waals surface area (Å²) < 4.78 is 36.8. The van der Waals surface area contributed by atoms with Gasteiger partial charge in [-0.25, -0.2) is 8.78 Å². The van der Waals surface area contributed by atoms with Crippen LogP contribution in [0.25, 0.3) is 0 Å². The number of benzene rings is 2. The van der Waals surface area contributed by atoms with Gasteiger partial charge in [-0.2, -0.15) is 0 Å². The zero-order valence-electron chi connectivity index (χ0n) is 13.1. The lowest BCUT2D eigenvalue weighted by Crippen LogP contribution is -2.30. The van der Waals surface area contributed by atoms with Crippen LogP contribution in [0.15, 0.2) is 42.5 Å². The molecule has 5 nitrogen and oxygen atoms in total. The minimum Gasteiger partial charge on any atom is -0.455 e. The van der Waals surface area contributed by atoms with Gasteiger partial charge >= 0.3 is 0 Å². The maximum Gasteiger partial charge on any atom is 0.238 e. The lowest BCUT2D eigenvalue weighted by Gasteiger charge is -2.12. The van der Waals surface area contributed by atoms with Crippen molar-refractivity contribution in [1.82, 2.24) is 5.32 Å². The van der Waals surface area contributed by atoms with Crippen LogP contribution < -0.4 is 15.4 Å². The van der Waals surface area contributed by atoms with E-state index in [1.54, 1.807) is 31.4 Å². The predicted octanol–water partition coefficient (Wildman–Crippen LogP) is 2.93. The summed E-state index contributed by atoms with van der Waals surface area (Å²) in [7, 11) is 1.57. The summed E-state index contributed by atoms with van der Waals surface area (Å²) >= 11 is 0. The van der Waals surface area contributed by atoms with Gasteiger partial charge in [0.05, 0.1) is 18.8 Å². The Morgan fingerprint density at radius 3 is 2.54 bits per heavy atom. The molecule has 0 saturated carbocycles. The van der Waals surface area contributed by atoms with E-state index in [9.17, 15) is 13.6 Å². The highest BCUT2D eigenvalue weighted by Crippen LogP contribution is 2.30. The van der Waals surface area contributed by atoms with E-state index in [-0.39, 0.29) is 24.0 Å². The first kappa shape index (κ1) is 17.8. The Balaban J connectivity index is 2.03. The summed E-state index contributed by atoms with van der Waals surface area (Å²) in [5.41, 5.74) is 0.403. The van der Waals surface area contributed by atoms with Crippen molar-refractivity contribution in [1.29, 1.82) is 0 Å². The number of rotatable bonds is 8. The molecule has 0 aliphatic carbocycles. The van der Waals surface area contributed by atoms with Crippen molar-refractivity contribution in [3.63, 3.8) is 0 Å². The number of methoxy groups -OCH3 is 1. The van der Waals surface area contributed by atoms with Crippen LogP contribution in [0, 0.1) is 11.6 Å². The standard InChI is InChI=1S/C17H18F2N2O3/c1-23-7-6-20-11-17(22)21-15-4-2-3-5-16(15)24-14-9-12(18)8-13(19)10-14/h2-5,8-10,20H,6-7,11H2,1H3,(H,21,22). The zero-order valence-corrected chi connectivity index (χ0v) is 13.1. The molecule has 2 N–H and O–H groups in total. The highest BCUT2D eigenvalue weighted by Gasteiger charge is 2.09. The molecule has 0 heterocycles. The first-order chi connectivity index (χ1) is 11.6. The SMILES string of the molecule is COCCNCC(=O)Nc1ccccc1Oc1cc(F)cc(F)c1. The Morgan fingerprint density at radius 1 is 1.12 bits per heavy atom. The molecule has 0 bridgehead atoms. The van der Waals surface area contributed by atoms with Crippen molar-refractivity contribution in [3.05, 3.63) is 54.1 Å². The monoisotopic (exact) mass is 336 g/mol. The molecule has 7 heteroatoms. The van der Waals surface area contributed by atoms with Gasteiger partial charge in [0, 0.05) is 31.9 Å².